The Morgan fingerprint density at radius 2 is 2.00 bits per heavy atom. The zero-order valence-corrected chi connectivity index (χ0v) is 16.6. The third-order valence-corrected chi connectivity index (χ3v) is 5.40. The first-order chi connectivity index (χ1) is 13.2. The van der Waals surface area contributed by atoms with Crippen LogP contribution in [-0.4, -0.2) is 27.2 Å². The molecule has 2 aromatic carbocycles. The number of sulfonamides is 1. The van der Waals surface area contributed by atoms with Gasteiger partial charge in [0.1, 0.15) is 18.0 Å². The van der Waals surface area contributed by atoms with Crippen LogP contribution in [0.15, 0.2) is 42.5 Å². The normalized spacial score (nSPS) is 14.5. The van der Waals surface area contributed by atoms with Gasteiger partial charge in [0.2, 0.25) is 10.0 Å². The molecule has 2 aromatic rings. The maximum absolute atomic E-state index is 13.1. The van der Waals surface area contributed by atoms with Crippen LogP contribution in [0.25, 0.3) is 0 Å². The number of hydrogen-bond acceptors (Lipinski definition) is 4. The van der Waals surface area contributed by atoms with E-state index in [1.165, 1.54) is 18.2 Å². The molecule has 148 valence electrons. The summed E-state index contributed by atoms with van der Waals surface area (Å²) in [5.41, 5.74) is 1.22. The van der Waals surface area contributed by atoms with Crippen LogP contribution >= 0.6 is 0 Å². The Bertz CT molecular complexity index is 1020. The van der Waals surface area contributed by atoms with E-state index < -0.39 is 15.8 Å². The molecule has 5 nitrogen and oxygen atoms in total. The largest absolute Gasteiger partial charge is 0.483 e. The highest BCUT2D eigenvalue weighted by Crippen LogP contribution is 2.41. The number of ether oxygens (including phenoxy) is 2. The predicted molar refractivity (Wildman–Crippen MR) is 105 cm³/mol. The zero-order chi connectivity index (χ0) is 20.2. The Hall–Kier alpha value is -2.56. The average molecular weight is 403 g/mol. The monoisotopic (exact) mass is 403 g/mol. The average Bonchev–Trinajstić information content (AvgIpc) is 2.92. The lowest BCUT2D eigenvalue weighted by atomic mass is 10.0. The Balaban J connectivity index is 1.48. The summed E-state index contributed by atoms with van der Waals surface area (Å²) in [5.74, 6) is 6.09. The minimum absolute atomic E-state index is 0.0442. The molecule has 0 aliphatic carbocycles. The molecule has 28 heavy (non-hydrogen) atoms. The van der Waals surface area contributed by atoms with Crippen molar-refractivity contribution in [2.75, 3.05) is 13.2 Å². The number of rotatable bonds is 6. The molecule has 3 rings (SSSR count). The van der Waals surface area contributed by atoms with Gasteiger partial charge in [-0.25, -0.2) is 17.5 Å². The minimum atomic E-state index is -3.59. The van der Waals surface area contributed by atoms with Crippen LogP contribution in [0.2, 0.25) is 0 Å². The van der Waals surface area contributed by atoms with E-state index in [0.29, 0.717) is 11.3 Å². The highest BCUT2D eigenvalue weighted by Gasteiger charge is 2.32. The minimum Gasteiger partial charge on any atom is -0.483 e. The highest BCUT2D eigenvalue weighted by atomic mass is 32.2. The topological polar surface area (TPSA) is 64.6 Å². The van der Waals surface area contributed by atoms with Crippen LogP contribution in [0, 0.1) is 17.7 Å². The van der Waals surface area contributed by atoms with Gasteiger partial charge in [0.05, 0.1) is 12.3 Å². The highest BCUT2D eigenvalue weighted by molar-refractivity contribution is 7.88. The van der Waals surface area contributed by atoms with Crippen molar-refractivity contribution in [2.24, 2.45) is 0 Å². The fourth-order valence-corrected chi connectivity index (χ4v) is 3.98. The third kappa shape index (κ3) is 5.47. The van der Waals surface area contributed by atoms with E-state index in [4.69, 9.17) is 9.47 Å². The van der Waals surface area contributed by atoms with Crippen molar-refractivity contribution < 1.29 is 22.3 Å². The number of nitrogens with one attached hydrogen (secondary N) is 1. The number of hydrogen-bond donors (Lipinski definition) is 1. The van der Waals surface area contributed by atoms with Gasteiger partial charge in [0.25, 0.3) is 0 Å². The van der Waals surface area contributed by atoms with Crippen LogP contribution in [0.4, 0.5) is 4.39 Å². The van der Waals surface area contributed by atoms with E-state index in [2.05, 4.69) is 16.6 Å². The predicted octanol–water partition coefficient (Wildman–Crippen LogP) is 3.04. The first kappa shape index (κ1) is 20.2. The first-order valence-electron chi connectivity index (χ1n) is 8.85. The van der Waals surface area contributed by atoms with Crippen molar-refractivity contribution in [2.45, 2.75) is 31.6 Å². The second-order valence-electron chi connectivity index (χ2n) is 7.14. The second-order valence-corrected chi connectivity index (χ2v) is 8.94. The molecule has 0 unspecified atom stereocenters. The van der Waals surface area contributed by atoms with E-state index in [-0.39, 0.29) is 24.5 Å². The molecule has 1 aliphatic rings. The molecular formula is C21H22FNO4S. The first-order valence-corrected chi connectivity index (χ1v) is 10.5. The maximum Gasteiger partial charge on any atom is 0.216 e. The molecule has 0 atom stereocenters. The number of para-hydroxylation sites is 1. The summed E-state index contributed by atoms with van der Waals surface area (Å²) in [6, 6.07) is 11.2. The maximum atomic E-state index is 13.1. The summed E-state index contributed by atoms with van der Waals surface area (Å²) < 4.78 is 51.1. The Morgan fingerprint density at radius 3 is 2.79 bits per heavy atom. The Kier molecular flexibility index (Phi) is 5.92. The third-order valence-electron chi connectivity index (χ3n) is 4.11. The van der Waals surface area contributed by atoms with Crippen LogP contribution in [-0.2, 0) is 22.2 Å². The SMILES string of the molecule is CC1(C)Cc2cccc(OCC#CCNS(=O)(=O)Cc3cccc(F)c3)c2O1. The summed E-state index contributed by atoms with van der Waals surface area (Å²) in [4.78, 5) is 0. The lowest BCUT2D eigenvalue weighted by Crippen LogP contribution is -2.25. The van der Waals surface area contributed by atoms with Crippen molar-refractivity contribution in [3.63, 3.8) is 0 Å². The molecule has 0 saturated carbocycles. The van der Waals surface area contributed by atoms with Crippen LogP contribution < -0.4 is 14.2 Å². The second kappa shape index (κ2) is 8.21. The van der Waals surface area contributed by atoms with E-state index in [1.54, 1.807) is 6.07 Å². The lowest BCUT2D eigenvalue weighted by molar-refractivity contribution is 0.133. The van der Waals surface area contributed by atoms with Gasteiger partial charge in [0.15, 0.2) is 11.5 Å². The van der Waals surface area contributed by atoms with Crippen LogP contribution in [0.5, 0.6) is 11.5 Å². The fraction of sp³-hybridized carbons (Fsp3) is 0.333. The molecule has 1 heterocycles. The molecule has 7 heteroatoms. The summed E-state index contributed by atoms with van der Waals surface area (Å²) in [6.07, 6.45) is 0.818. The van der Waals surface area contributed by atoms with Crippen molar-refractivity contribution in [3.05, 3.63) is 59.4 Å². The summed E-state index contributed by atoms with van der Waals surface area (Å²) in [6.45, 7) is 4.11. The fourth-order valence-electron chi connectivity index (χ4n) is 2.97. The number of halogens is 1. The Labute approximate surface area is 164 Å². The molecule has 0 saturated heterocycles. The smallest absolute Gasteiger partial charge is 0.216 e. The summed E-state index contributed by atoms with van der Waals surface area (Å²) >= 11 is 0. The van der Waals surface area contributed by atoms with Gasteiger partial charge in [-0.3, -0.25) is 0 Å². The van der Waals surface area contributed by atoms with Gasteiger partial charge in [-0.2, -0.15) is 0 Å². The molecule has 0 aromatic heterocycles. The van der Waals surface area contributed by atoms with Gasteiger partial charge >= 0.3 is 0 Å². The van der Waals surface area contributed by atoms with Gasteiger partial charge in [-0.05, 0) is 37.6 Å². The van der Waals surface area contributed by atoms with Gasteiger partial charge in [0, 0.05) is 12.0 Å². The van der Waals surface area contributed by atoms with Crippen molar-refractivity contribution >= 4 is 10.0 Å². The van der Waals surface area contributed by atoms with Gasteiger partial charge in [-0.1, -0.05) is 36.1 Å². The van der Waals surface area contributed by atoms with Gasteiger partial charge < -0.3 is 9.47 Å². The molecule has 0 fully saturated rings. The number of fused-ring (bicyclic) bond motifs is 1. The number of benzene rings is 2. The molecule has 0 amide bonds. The molecule has 1 N–H and O–H groups in total. The quantitative estimate of drug-likeness (QED) is 0.753. The van der Waals surface area contributed by atoms with Crippen LogP contribution in [0.3, 0.4) is 0 Å². The molecular weight excluding hydrogens is 381 g/mol. The Morgan fingerprint density at radius 1 is 1.21 bits per heavy atom. The van der Waals surface area contributed by atoms with Crippen molar-refractivity contribution in [3.8, 4) is 23.3 Å². The van der Waals surface area contributed by atoms with E-state index in [0.717, 1.165) is 17.7 Å². The molecule has 0 radical (unpaired) electrons. The van der Waals surface area contributed by atoms with Crippen LogP contribution in [0.1, 0.15) is 25.0 Å². The zero-order valence-electron chi connectivity index (χ0n) is 15.8. The molecule has 0 spiro atoms. The van der Waals surface area contributed by atoms with Crippen molar-refractivity contribution in [1.29, 1.82) is 0 Å². The van der Waals surface area contributed by atoms with E-state index in [1.807, 2.05) is 32.0 Å². The lowest BCUT2D eigenvalue weighted by Gasteiger charge is -2.17. The molecule has 1 aliphatic heterocycles. The van der Waals surface area contributed by atoms with E-state index >= 15 is 0 Å². The standard InChI is InChI=1S/C21H22FNO4S/c1-21(2)14-17-8-6-10-19(20(17)27-21)26-12-4-3-11-23-28(24,25)15-16-7-5-9-18(22)13-16/h5-10,13,23H,11-12,14-15H2,1-2H3. The summed E-state index contributed by atoms with van der Waals surface area (Å²) in [7, 11) is -3.59. The summed E-state index contributed by atoms with van der Waals surface area (Å²) in [5, 5.41) is 0. The van der Waals surface area contributed by atoms with Gasteiger partial charge in [-0.15, -0.1) is 0 Å². The van der Waals surface area contributed by atoms with Crippen molar-refractivity contribution in [1.82, 2.24) is 4.72 Å². The van der Waals surface area contributed by atoms with E-state index in [9.17, 15) is 12.8 Å². The molecule has 0 bridgehead atoms.